The first kappa shape index (κ1) is 39.8. The number of amides is 2. The van der Waals surface area contributed by atoms with Gasteiger partial charge in [0.2, 0.25) is 0 Å². The molecule has 0 bridgehead atoms. The lowest BCUT2D eigenvalue weighted by atomic mass is 9.85. The van der Waals surface area contributed by atoms with Crippen molar-refractivity contribution in [3.8, 4) is 28.7 Å². The van der Waals surface area contributed by atoms with E-state index < -0.39 is 12.0 Å². The highest BCUT2D eigenvalue weighted by Gasteiger charge is 2.21. The number of rotatable bonds is 18. The monoisotopic (exact) mass is 752 g/mol. The number of fused-ring (bicyclic) bond motifs is 1. The first-order valence-electron chi connectivity index (χ1n) is 17.3. The minimum absolute atomic E-state index is 0.169. The maximum Gasteiger partial charge on any atom is 0.329 e. The molecule has 0 spiro atoms. The van der Waals surface area contributed by atoms with E-state index in [1.165, 1.54) is 7.11 Å². The third-order valence-corrected chi connectivity index (χ3v) is 8.14. The number of aldehydes is 1. The van der Waals surface area contributed by atoms with Crippen molar-refractivity contribution >= 4 is 51.9 Å². The fourth-order valence-corrected chi connectivity index (χ4v) is 5.50. The molecule has 4 N–H and O–H groups in total. The molecule has 4 aromatic carbocycles. The molecular weight excluding hydrogens is 708 g/mol. The highest BCUT2D eigenvalue weighted by Crippen LogP contribution is 2.37. The predicted octanol–water partition coefficient (Wildman–Crippen LogP) is 8.04. The Hall–Kier alpha value is -6.38. The van der Waals surface area contributed by atoms with Crippen LogP contribution in [0.25, 0.3) is 10.8 Å². The number of urea groups is 1. The third-order valence-electron chi connectivity index (χ3n) is 8.14. The summed E-state index contributed by atoms with van der Waals surface area (Å²) < 4.78 is 33.5. The smallest absolute Gasteiger partial charge is 0.329 e. The molecule has 0 saturated heterocycles. The number of nitrogens with one attached hydrogen (secondary N) is 3. The molecule has 0 unspecified atom stereocenters. The minimum atomic E-state index is -1.03. The molecule has 5 aromatic rings. The van der Waals surface area contributed by atoms with Crippen molar-refractivity contribution < 1.29 is 47.9 Å². The lowest BCUT2D eigenvalue weighted by Crippen LogP contribution is -2.21. The molecule has 288 valence electrons. The first-order chi connectivity index (χ1) is 26.5. The van der Waals surface area contributed by atoms with Gasteiger partial charge in [0, 0.05) is 46.9 Å². The van der Waals surface area contributed by atoms with Gasteiger partial charge in [-0.05, 0) is 41.3 Å². The molecule has 1 aromatic heterocycles. The molecule has 0 radical (unpaired) electrons. The van der Waals surface area contributed by atoms with E-state index in [1.54, 1.807) is 61.8 Å². The normalized spacial score (nSPS) is 11.1. The Labute approximate surface area is 318 Å². The summed E-state index contributed by atoms with van der Waals surface area (Å²) in [5.41, 5.74) is 2.52. The van der Waals surface area contributed by atoms with Gasteiger partial charge in [0.15, 0.2) is 12.0 Å². The van der Waals surface area contributed by atoms with E-state index >= 15 is 0 Å². The van der Waals surface area contributed by atoms with Gasteiger partial charge in [-0.3, -0.25) is 4.79 Å². The second kappa shape index (κ2) is 18.6. The van der Waals surface area contributed by atoms with Crippen molar-refractivity contribution in [2.24, 2.45) is 0 Å². The van der Waals surface area contributed by atoms with E-state index in [0.717, 1.165) is 16.3 Å². The fraction of sp³-hybridized carbons (Fsp3) is 0.268. The van der Waals surface area contributed by atoms with E-state index in [9.17, 15) is 14.4 Å². The summed E-state index contributed by atoms with van der Waals surface area (Å²) in [5, 5.41) is 19.2. The zero-order valence-electron chi connectivity index (χ0n) is 31.3. The Kier molecular flexibility index (Phi) is 13.5. The number of pyridine rings is 1. The second-order valence-corrected chi connectivity index (χ2v) is 13.2. The quantitative estimate of drug-likeness (QED) is 0.0501. The maximum atomic E-state index is 13.4. The van der Waals surface area contributed by atoms with Gasteiger partial charge in [-0.2, -0.15) is 0 Å². The third kappa shape index (κ3) is 11.1. The number of benzene rings is 4. The molecule has 0 fully saturated rings. The van der Waals surface area contributed by atoms with Gasteiger partial charge in [0.05, 0.1) is 51.0 Å². The lowest BCUT2D eigenvalue weighted by Gasteiger charge is -2.22. The number of ether oxygens (including phenoxy) is 6. The highest BCUT2D eigenvalue weighted by atomic mass is 16.5. The van der Waals surface area contributed by atoms with Crippen LogP contribution >= 0.6 is 0 Å². The average Bonchev–Trinajstić information content (AvgIpc) is 3.16. The first-order valence-corrected chi connectivity index (χ1v) is 17.3. The molecule has 0 aliphatic carbocycles. The van der Waals surface area contributed by atoms with E-state index in [1.807, 2.05) is 51.1 Å². The van der Waals surface area contributed by atoms with Gasteiger partial charge in [0.25, 0.3) is 0 Å². The summed E-state index contributed by atoms with van der Waals surface area (Å²) in [7, 11) is 3.01. The van der Waals surface area contributed by atoms with Crippen LogP contribution in [0.4, 0.5) is 27.7 Å². The molecule has 1 heterocycles. The van der Waals surface area contributed by atoms with Crippen molar-refractivity contribution in [2.45, 2.75) is 26.2 Å². The Morgan fingerprint density at radius 3 is 2.24 bits per heavy atom. The van der Waals surface area contributed by atoms with Crippen molar-refractivity contribution in [1.29, 1.82) is 0 Å². The summed E-state index contributed by atoms with van der Waals surface area (Å²) in [5.74, 6) is 1.92. The predicted molar refractivity (Wildman–Crippen MR) is 209 cm³/mol. The van der Waals surface area contributed by atoms with E-state index in [-0.39, 0.29) is 44.2 Å². The number of anilines is 4. The molecule has 2 amide bonds. The van der Waals surface area contributed by atoms with E-state index in [0.29, 0.717) is 57.7 Å². The molecule has 14 heteroatoms. The molecule has 55 heavy (non-hydrogen) atoms. The number of carboxylic acid groups (broad SMARTS) is 1. The zero-order valence-corrected chi connectivity index (χ0v) is 31.3. The molecule has 0 atom stereocenters. The van der Waals surface area contributed by atoms with E-state index in [4.69, 9.17) is 33.5 Å². The van der Waals surface area contributed by atoms with Gasteiger partial charge in [-0.25, -0.2) is 14.6 Å². The van der Waals surface area contributed by atoms with Gasteiger partial charge in [-0.15, -0.1) is 0 Å². The van der Waals surface area contributed by atoms with Crippen LogP contribution in [0.15, 0.2) is 85.1 Å². The molecule has 0 aliphatic rings. The maximum absolute atomic E-state index is 13.4. The summed E-state index contributed by atoms with van der Waals surface area (Å²) >= 11 is 0. The Bertz CT molecular complexity index is 2130. The van der Waals surface area contributed by atoms with Crippen molar-refractivity contribution in [1.82, 2.24) is 4.98 Å². The Morgan fingerprint density at radius 2 is 1.51 bits per heavy atom. The average molecular weight is 753 g/mol. The Balaban J connectivity index is 1.26. The van der Waals surface area contributed by atoms with Crippen molar-refractivity contribution in [2.75, 3.05) is 63.2 Å². The zero-order chi connectivity index (χ0) is 39.4. The molecule has 5 rings (SSSR count). The standard InChI is InChI=1S/C41H44N4O10/c1-41(2,3)27-18-26(24-46)39(51-5)35(19-27)45-40(49)44-34-10-11-36(33-9-7-6-8-32(33)34)55-29-12-13-42-37(23-29)43-28-20-30(50-4)22-31(21-28)54-17-16-52-14-15-53-25-38(47)48/h6-13,18-24H,14-17,25H2,1-5H3,(H,42,43)(H,47,48)(H2,44,45,49). The van der Waals surface area contributed by atoms with Gasteiger partial charge < -0.3 is 49.5 Å². The number of carboxylic acids is 1. The summed E-state index contributed by atoms with van der Waals surface area (Å²) in [6.45, 7) is 6.64. The van der Waals surface area contributed by atoms with Crippen LogP contribution in [-0.2, 0) is 19.7 Å². The van der Waals surface area contributed by atoms with Crippen LogP contribution in [0.5, 0.6) is 28.7 Å². The summed E-state index contributed by atoms with van der Waals surface area (Å²) in [4.78, 5) is 40.2. The van der Waals surface area contributed by atoms with Crippen LogP contribution in [-0.4, -0.2) is 75.6 Å². The SMILES string of the molecule is COc1cc(Nc2cc(Oc3ccc(NC(=O)Nc4cc(C(C)(C)C)cc(C=O)c4OC)c4ccccc34)ccn2)cc(OCCOCCOCC(=O)O)c1. The second-order valence-electron chi connectivity index (χ2n) is 13.2. The van der Waals surface area contributed by atoms with Crippen LogP contribution in [0.2, 0.25) is 0 Å². The molecule has 0 aliphatic heterocycles. The van der Waals surface area contributed by atoms with Crippen molar-refractivity contribution in [3.05, 3.63) is 96.2 Å². The number of hydrogen-bond acceptors (Lipinski definition) is 11. The van der Waals surface area contributed by atoms with Gasteiger partial charge >= 0.3 is 12.0 Å². The number of methoxy groups -OCH3 is 2. The topological polar surface area (TPSA) is 176 Å². The van der Waals surface area contributed by atoms with Crippen LogP contribution in [0.1, 0.15) is 36.7 Å². The van der Waals surface area contributed by atoms with Gasteiger partial charge in [-0.1, -0.05) is 45.0 Å². The molecule has 0 saturated carbocycles. The Morgan fingerprint density at radius 1 is 0.782 bits per heavy atom. The number of nitrogens with zero attached hydrogens (tertiary/aromatic N) is 1. The van der Waals surface area contributed by atoms with Crippen LogP contribution in [0, 0.1) is 0 Å². The largest absolute Gasteiger partial charge is 0.497 e. The van der Waals surface area contributed by atoms with Gasteiger partial charge in [0.1, 0.15) is 42.0 Å². The number of aliphatic carboxylic acids is 1. The lowest BCUT2D eigenvalue weighted by molar-refractivity contribution is -0.142. The van der Waals surface area contributed by atoms with Crippen LogP contribution < -0.4 is 34.9 Å². The number of carbonyl (C=O) groups excluding carboxylic acids is 2. The van der Waals surface area contributed by atoms with Crippen LogP contribution in [0.3, 0.4) is 0 Å². The minimum Gasteiger partial charge on any atom is -0.497 e. The molecular formula is C41H44N4O10. The molecule has 14 nitrogen and oxygen atoms in total. The number of aromatic nitrogens is 1. The highest BCUT2D eigenvalue weighted by molar-refractivity contribution is 6.08. The number of carbonyl (C=O) groups is 3. The summed E-state index contributed by atoms with van der Waals surface area (Å²) in [6.07, 6.45) is 2.33. The number of hydrogen-bond donors (Lipinski definition) is 4. The fourth-order valence-electron chi connectivity index (χ4n) is 5.50. The van der Waals surface area contributed by atoms with Crippen molar-refractivity contribution in [3.63, 3.8) is 0 Å². The summed E-state index contributed by atoms with van der Waals surface area (Å²) in [6, 6.07) is 23.0. The van der Waals surface area contributed by atoms with E-state index in [2.05, 4.69) is 20.9 Å².